The van der Waals surface area contributed by atoms with Gasteiger partial charge in [-0.05, 0) is 36.5 Å². The van der Waals surface area contributed by atoms with Crippen molar-refractivity contribution in [1.29, 1.82) is 0 Å². The quantitative estimate of drug-likeness (QED) is 0.458. The number of rotatable bonds is 6. The Hall–Kier alpha value is -1.41. The summed E-state index contributed by atoms with van der Waals surface area (Å²) in [6.45, 7) is -1.32. The van der Waals surface area contributed by atoms with E-state index in [4.69, 9.17) is 17.0 Å². The van der Waals surface area contributed by atoms with Gasteiger partial charge in [0.25, 0.3) is 0 Å². The van der Waals surface area contributed by atoms with Gasteiger partial charge in [-0.25, -0.2) is 0 Å². The Kier molecular flexibility index (Phi) is 5.97. The molecule has 0 unspecified atom stereocenters. The van der Waals surface area contributed by atoms with E-state index in [2.05, 4.69) is 10.6 Å². The third-order valence-corrected chi connectivity index (χ3v) is 2.84. The first-order valence-corrected chi connectivity index (χ1v) is 6.06. The molecule has 1 rings (SSSR count). The van der Waals surface area contributed by atoms with Crippen LogP contribution < -0.4 is 15.4 Å². The highest BCUT2D eigenvalue weighted by molar-refractivity contribution is 7.80. The molecule has 0 aliphatic heterocycles. The molecule has 7 heteroatoms. The molecule has 0 saturated carbocycles. The summed E-state index contributed by atoms with van der Waals surface area (Å²) in [6.07, 6.45) is 0. The molecule has 0 aliphatic carbocycles. The minimum Gasteiger partial charge on any atom is -0.497 e. The summed E-state index contributed by atoms with van der Waals surface area (Å²) < 4.78 is 5.03. The van der Waals surface area contributed by atoms with Crippen molar-refractivity contribution in [3.05, 3.63) is 24.3 Å². The van der Waals surface area contributed by atoms with Gasteiger partial charge in [-0.1, -0.05) is 0 Å². The minimum atomic E-state index is -1.24. The lowest BCUT2D eigenvalue weighted by Crippen LogP contribution is -2.58. The van der Waals surface area contributed by atoms with Crippen LogP contribution in [0.1, 0.15) is 0 Å². The number of nitrogens with one attached hydrogen (secondary N) is 2. The zero-order valence-electron chi connectivity index (χ0n) is 10.6. The van der Waals surface area contributed by atoms with E-state index < -0.39 is 25.4 Å². The van der Waals surface area contributed by atoms with E-state index in [9.17, 15) is 15.3 Å². The lowest BCUT2D eigenvalue weighted by atomic mass is 10.0. The summed E-state index contributed by atoms with van der Waals surface area (Å²) in [4.78, 5) is 0. The third kappa shape index (κ3) is 4.32. The number of benzene rings is 1. The maximum absolute atomic E-state index is 9.17. The summed E-state index contributed by atoms with van der Waals surface area (Å²) in [5.41, 5.74) is -0.516. The zero-order valence-corrected chi connectivity index (χ0v) is 11.4. The van der Waals surface area contributed by atoms with E-state index in [0.717, 1.165) is 11.4 Å². The molecule has 0 bridgehead atoms. The van der Waals surface area contributed by atoms with Crippen LogP contribution in [-0.2, 0) is 0 Å². The van der Waals surface area contributed by atoms with Crippen LogP contribution >= 0.6 is 12.2 Å². The highest BCUT2D eigenvalue weighted by Crippen LogP contribution is 2.15. The highest BCUT2D eigenvalue weighted by atomic mass is 32.1. The number of hydrogen-bond donors (Lipinski definition) is 5. The second kappa shape index (κ2) is 7.25. The SMILES string of the molecule is COc1ccc(NC(=S)NC(CO)(CO)CO)cc1. The Morgan fingerprint density at radius 2 is 1.68 bits per heavy atom. The number of ether oxygens (including phenoxy) is 1. The summed E-state index contributed by atoms with van der Waals surface area (Å²) in [5.74, 6) is 0.722. The van der Waals surface area contributed by atoms with Gasteiger partial charge in [0.05, 0.1) is 26.9 Å². The molecular formula is C12H18N2O4S. The Labute approximate surface area is 117 Å². The van der Waals surface area contributed by atoms with Gasteiger partial charge >= 0.3 is 0 Å². The first-order chi connectivity index (χ1) is 9.09. The van der Waals surface area contributed by atoms with Crippen molar-refractivity contribution < 1.29 is 20.1 Å². The summed E-state index contributed by atoms with van der Waals surface area (Å²) in [7, 11) is 1.58. The molecule has 19 heavy (non-hydrogen) atoms. The fourth-order valence-corrected chi connectivity index (χ4v) is 1.68. The van der Waals surface area contributed by atoms with Gasteiger partial charge in [0.2, 0.25) is 0 Å². The van der Waals surface area contributed by atoms with Crippen molar-refractivity contribution in [3.8, 4) is 5.75 Å². The number of anilines is 1. The average molecular weight is 286 g/mol. The van der Waals surface area contributed by atoms with Gasteiger partial charge in [0.15, 0.2) is 5.11 Å². The van der Waals surface area contributed by atoms with Crippen molar-refractivity contribution in [2.75, 3.05) is 32.2 Å². The van der Waals surface area contributed by atoms with Gasteiger partial charge in [-0.15, -0.1) is 0 Å². The van der Waals surface area contributed by atoms with Crippen LogP contribution in [0.3, 0.4) is 0 Å². The lowest BCUT2D eigenvalue weighted by molar-refractivity contribution is 0.0563. The maximum atomic E-state index is 9.17. The van der Waals surface area contributed by atoms with E-state index in [0.29, 0.717) is 0 Å². The normalized spacial score (nSPS) is 10.9. The van der Waals surface area contributed by atoms with Gasteiger partial charge in [-0.3, -0.25) is 0 Å². The summed E-state index contributed by atoms with van der Waals surface area (Å²) in [5, 5.41) is 33.3. The highest BCUT2D eigenvalue weighted by Gasteiger charge is 2.28. The van der Waals surface area contributed by atoms with E-state index >= 15 is 0 Å². The smallest absolute Gasteiger partial charge is 0.171 e. The largest absolute Gasteiger partial charge is 0.497 e. The van der Waals surface area contributed by atoms with Crippen LogP contribution in [0.5, 0.6) is 5.75 Å². The molecule has 0 aromatic heterocycles. The monoisotopic (exact) mass is 286 g/mol. The van der Waals surface area contributed by atoms with Crippen LogP contribution in [0.25, 0.3) is 0 Å². The Balaban J connectivity index is 2.63. The predicted molar refractivity (Wildman–Crippen MR) is 76.3 cm³/mol. The molecule has 0 radical (unpaired) electrons. The molecule has 5 N–H and O–H groups in total. The van der Waals surface area contributed by atoms with Crippen molar-refractivity contribution in [3.63, 3.8) is 0 Å². The van der Waals surface area contributed by atoms with Crippen LogP contribution in [0.2, 0.25) is 0 Å². The Morgan fingerprint density at radius 1 is 1.16 bits per heavy atom. The molecule has 0 saturated heterocycles. The van der Waals surface area contributed by atoms with Gasteiger partial charge in [0, 0.05) is 5.69 Å². The number of aliphatic hydroxyl groups excluding tert-OH is 3. The first-order valence-electron chi connectivity index (χ1n) is 5.65. The van der Waals surface area contributed by atoms with E-state index in [1.165, 1.54) is 0 Å². The van der Waals surface area contributed by atoms with Crippen LogP contribution in [0.15, 0.2) is 24.3 Å². The number of methoxy groups -OCH3 is 1. The number of aliphatic hydroxyl groups is 3. The molecule has 0 heterocycles. The number of thiocarbonyl (C=S) groups is 1. The van der Waals surface area contributed by atoms with Gasteiger partial charge in [0.1, 0.15) is 11.3 Å². The molecule has 1 aromatic carbocycles. The van der Waals surface area contributed by atoms with Gasteiger partial charge < -0.3 is 30.7 Å². The Bertz CT molecular complexity index is 398. The van der Waals surface area contributed by atoms with Crippen molar-refractivity contribution in [1.82, 2.24) is 5.32 Å². The second-order valence-corrected chi connectivity index (χ2v) is 4.47. The first kappa shape index (κ1) is 15.6. The molecule has 1 aromatic rings. The van der Waals surface area contributed by atoms with Crippen LogP contribution in [0, 0.1) is 0 Å². The second-order valence-electron chi connectivity index (χ2n) is 4.06. The number of hydrogen-bond acceptors (Lipinski definition) is 5. The van der Waals surface area contributed by atoms with Crippen molar-refractivity contribution in [2.45, 2.75) is 5.54 Å². The van der Waals surface area contributed by atoms with E-state index in [-0.39, 0.29) is 5.11 Å². The fourth-order valence-electron chi connectivity index (χ4n) is 1.35. The molecule has 0 aliphatic rings. The average Bonchev–Trinajstić information content (AvgIpc) is 2.46. The summed E-state index contributed by atoms with van der Waals surface area (Å²) in [6, 6.07) is 7.07. The standard InChI is InChI=1S/C12H18N2O4S/c1-18-10-4-2-9(3-5-10)13-11(19)14-12(6-15,7-16)8-17/h2-5,15-17H,6-8H2,1H3,(H2,13,14,19). The van der Waals surface area contributed by atoms with Crippen molar-refractivity contribution >= 4 is 23.0 Å². The predicted octanol–water partition coefficient (Wildman–Crippen LogP) is -0.303. The van der Waals surface area contributed by atoms with E-state index in [1.807, 2.05) is 0 Å². The third-order valence-electron chi connectivity index (χ3n) is 2.63. The molecule has 6 nitrogen and oxygen atoms in total. The molecular weight excluding hydrogens is 268 g/mol. The summed E-state index contributed by atoms with van der Waals surface area (Å²) >= 11 is 5.06. The zero-order chi connectivity index (χ0) is 14.3. The van der Waals surface area contributed by atoms with Crippen LogP contribution in [0.4, 0.5) is 5.69 Å². The molecule has 0 atom stereocenters. The molecule has 0 amide bonds. The lowest BCUT2D eigenvalue weighted by Gasteiger charge is -2.30. The van der Waals surface area contributed by atoms with E-state index in [1.54, 1.807) is 31.4 Å². The van der Waals surface area contributed by atoms with Crippen molar-refractivity contribution in [2.24, 2.45) is 0 Å². The minimum absolute atomic E-state index is 0.197. The Morgan fingerprint density at radius 3 is 2.11 bits per heavy atom. The van der Waals surface area contributed by atoms with Gasteiger partial charge in [-0.2, -0.15) is 0 Å². The maximum Gasteiger partial charge on any atom is 0.171 e. The molecule has 106 valence electrons. The topological polar surface area (TPSA) is 94.0 Å². The fraction of sp³-hybridized carbons (Fsp3) is 0.417. The van der Waals surface area contributed by atoms with Crippen LogP contribution in [-0.4, -0.2) is 52.9 Å². The molecule has 0 spiro atoms. The molecule has 0 fully saturated rings.